The van der Waals surface area contributed by atoms with E-state index in [0.717, 1.165) is 11.8 Å². The third-order valence-electron chi connectivity index (χ3n) is 4.80. The molecule has 3 aromatic rings. The van der Waals surface area contributed by atoms with Crippen molar-refractivity contribution in [3.63, 3.8) is 0 Å². The van der Waals surface area contributed by atoms with Crippen LogP contribution in [0.15, 0.2) is 39.1 Å². The molecule has 1 aliphatic heterocycles. The third kappa shape index (κ3) is 4.90. The number of imidazole rings is 1. The molecule has 178 valence electrons. The van der Waals surface area contributed by atoms with Crippen molar-refractivity contribution in [1.82, 2.24) is 19.5 Å². The predicted octanol–water partition coefficient (Wildman–Crippen LogP) is -0.410. The molecule has 0 unspecified atom stereocenters. The number of aromatic nitrogens is 4. The summed E-state index contributed by atoms with van der Waals surface area (Å²) in [6.07, 6.45) is -5.72. The molecule has 0 radical (unpaired) electrons. The summed E-state index contributed by atoms with van der Waals surface area (Å²) < 4.78 is 27.5. The first-order chi connectivity index (χ1) is 15.6. The minimum Gasteiger partial charge on any atom is -0.497 e. The second kappa shape index (κ2) is 9.04. The van der Waals surface area contributed by atoms with Gasteiger partial charge in [-0.25, -0.2) is 9.55 Å². The molecule has 4 rings (SSSR count). The highest BCUT2D eigenvalue weighted by Gasteiger charge is 2.46. The van der Waals surface area contributed by atoms with Gasteiger partial charge in [-0.1, -0.05) is 11.8 Å². The van der Waals surface area contributed by atoms with Crippen LogP contribution >= 0.6 is 19.6 Å². The number of nitrogens with zero attached hydrogens (tertiary/aromatic N) is 3. The molecule has 1 aromatic carbocycles. The number of rotatable bonds is 7. The van der Waals surface area contributed by atoms with Crippen LogP contribution < -0.4 is 16.0 Å². The summed E-state index contributed by atoms with van der Waals surface area (Å²) in [6.45, 7) is -0.692. The van der Waals surface area contributed by atoms with Gasteiger partial charge in [0.25, 0.3) is 5.56 Å². The first kappa shape index (κ1) is 23.7. The van der Waals surface area contributed by atoms with Crippen molar-refractivity contribution >= 4 is 36.7 Å². The lowest BCUT2D eigenvalue weighted by molar-refractivity contribution is -0.0541. The molecule has 14 nitrogen and oxygen atoms in total. The molecule has 16 heteroatoms. The molecule has 0 saturated carbocycles. The number of phosphoric acid groups is 1. The molecule has 2 aromatic heterocycles. The number of nitrogens with two attached hydrogens (primary N) is 1. The summed E-state index contributed by atoms with van der Waals surface area (Å²) in [5.74, 6) is 0.424. The van der Waals surface area contributed by atoms with Crippen molar-refractivity contribution in [2.75, 3.05) is 19.5 Å². The van der Waals surface area contributed by atoms with Crippen molar-refractivity contribution in [3.05, 3.63) is 34.6 Å². The van der Waals surface area contributed by atoms with Crippen LogP contribution in [-0.4, -0.2) is 71.5 Å². The van der Waals surface area contributed by atoms with Crippen molar-refractivity contribution in [2.45, 2.75) is 34.6 Å². The fourth-order valence-corrected chi connectivity index (χ4v) is 4.53. The van der Waals surface area contributed by atoms with Crippen molar-refractivity contribution in [2.24, 2.45) is 0 Å². The van der Waals surface area contributed by atoms with Gasteiger partial charge in [0.1, 0.15) is 24.1 Å². The van der Waals surface area contributed by atoms with Crippen LogP contribution in [0.5, 0.6) is 5.75 Å². The maximum atomic E-state index is 12.4. The highest BCUT2D eigenvalue weighted by atomic mass is 32.2. The van der Waals surface area contributed by atoms with Crippen LogP contribution in [0, 0.1) is 0 Å². The number of aliphatic hydroxyl groups is 2. The average molecular weight is 501 g/mol. The number of aromatic amines is 1. The van der Waals surface area contributed by atoms with Gasteiger partial charge in [-0.2, -0.15) is 4.98 Å². The van der Waals surface area contributed by atoms with E-state index in [1.54, 1.807) is 24.3 Å². The monoisotopic (exact) mass is 501 g/mol. The SMILES string of the molecule is COc1ccc(Sc2nc3c(=O)[nH]c(N)nc3n2[C@@H]2O[C@H](COP(=O)(O)O)[C@@H](O)[C@H]2O)cc1. The molecule has 0 bridgehead atoms. The molecule has 1 aliphatic rings. The predicted molar refractivity (Wildman–Crippen MR) is 114 cm³/mol. The minimum atomic E-state index is -4.84. The quantitative estimate of drug-likeness (QED) is 0.227. The Balaban J connectivity index is 1.75. The lowest BCUT2D eigenvalue weighted by Crippen LogP contribution is -2.33. The summed E-state index contributed by atoms with van der Waals surface area (Å²) >= 11 is 1.12. The van der Waals surface area contributed by atoms with Crippen molar-refractivity contribution in [3.8, 4) is 5.75 Å². The molecule has 3 heterocycles. The van der Waals surface area contributed by atoms with E-state index >= 15 is 0 Å². The Morgan fingerprint density at radius 1 is 1.24 bits per heavy atom. The fourth-order valence-electron chi connectivity index (χ4n) is 3.28. The van der Waals surface area contributed by atoms with E-state index in [2.05, 4.69) is 19.5 Å². The Morgan fingerprint density at radius 2 is 1.94 bits per heavy atom. The van der Waals surface area contributed by atoms with E-state index in [4.69, 9.17) is 25.0 Å². The summed E-state index contributed by atoms with van der Waals surface area (Å²) in [5.41, 5.74) is 4.96. The smallest absolute Gasteiger partial charge is 0.469 e. The largest absolute Gasteiger partial charge is 0.497 e. The van der Waals surface area contributed by atoms with Crippen LogP contribution in [0.3, 0.4) is 0 Å². The molecular weight excluding hydrogens is 481 g/mol. The van der Waals surface area contributed by atoms with Gasteiger partial charge in [0.2, 0.25) is 5.95 Å². The summed E-state index contributed by atoms with van der Waals surface area (Å²) in [5, 5.41) is 21.2. The third-order valence-corrected chi connectivity index (χ3v) is 6.27. The van der Waals surface area contributed by atoms with Gasteiger partial charge in [0, 0.05) is 4.90 Å². The van der Waals surface area contributed by atoms with E-state index in [1.165, 1.54) is 11.7 Å². The highest BCUT2D eigenvalue weighted by Crippen LogP contribution is 2.40. The van der Waals surface area contributed by atoms with E-state index < -0.39 is 44.5 Å². The number of anilines is 1. The number of aliphatic hydroxyl groups excluding tert-OH is 2. The maximum absolute atomic E-state index is 12.4. The van der Waals surface area contributed by atoms with Crippen molar-refractivity contribution in [1.29, 1.82) is 0 Å². The Labute approximate surface area is 189 Å². The lowest BCUT2D eigenvalue weighted by atomic mass is 10.1. The Hall–Kier alpha value is -2.49. The Morgan fingerprint density at radius 3 is 2.58 bits per heavy atom. The topological polar surface area (TPSA) is 215 Å². The van der Waals surface area contributed by atoms with E-state index in [9.17, 15) is 19.6 Å². The summed E-state index contributed by atoms with van der Waals surface area (Å²) in [6, 6.07) is 6.93. The fraction of sp³-hybridized carbons (Fsp3) is 0.353. The number of phosphoric ester groups is 1. The molecule has 4 atom stereocenters. The van der Waals surface area contributed by atoms with Gasteiger partial charge in [0.05, 0.1) is 13.7 Å². The zero-order valence-electron chi connectivity index (χ0n) is 16.9. The highest BCUT2D eigenvalue weighted by molar-refractivity contribution is 7.99. The minimum absolute atomic E-state index is 0.0138. The Kier molecular flexibility index (Phi) is 6.48. The molecule has 1 saturated heterocycles. The molecular formula is C17H20N5O9PS. The molecule has 7 N–H and O–H groups in total. The number of fused-ring (bicyclic) bond motifs is 1. The van der Waals surface area contributed by atoms with E-state index in [0.29, 0.717) is 10.6 Å². The van der Waals surface area contributed by atoms with Gasteiger partial charge >= 0.3 is 7.82 Å². The standard InChI is InChI=1S/C17H20N5O9PS/c1-29-7-2-4-8(5-3-7)33-17-19-10-13(20-16(18)21-14(10)25)22(17)15-12(24)11(23)9(31-15)6-30-32(26,27)28/h2-5,9,11-12,15,23-24H,6H2,1H3,(H2,26,27,28)(H3,18,20,21,25)/t9-,11-,12-,15-/m1/s1. The van der Waals surface area contributed by atoms with Gasteiger partial charge in [-0.15, -0.1) is 0 Å². The molecule has 0 spiro atoms. The number of hydrogen-bond donors (Lipinski definition) is 6. The van der Waals surface area contributed by atoms with E-state index in [1.807, 2.05) is 0 Å². The zero-order valence-corrected chi connectivity index (χ0v) is 18.6. The van der Waals surface area contributed by atoms with Gasteiger partial charge in [0.15, 0.2) is 22.5 Å². The van der Waals surface area contributed by atoms with E-state index in [-0.39, 0.29) is 22.3 Å². The van der Waals surface area contributed by atoms with Crippen LogP contribution in [-0.2, 0) is 13.8 Å². The van der Waals surface area contributed by atoms with Gasteiger partial charge in [-0.05, 0) is 24.3 Å². The molecule has 33 heavy (non-hydrogen) atoms. The van der Waals surface area contributed by atoms with Gasteiger partial charge < -0.3 is 35.2 Å². The number of H-pyrrole nitrogens is 1. The van der Waals surface area contributed by atoms with Gasteiger partial charge in [-0.3, -0.25) is 18.9 Å². The zero-order chi connectivity index (χ0) is 23.9. The number of nitrogens with one attached hydrogen (secondary N) is 1. The first-order valence-electron chi connectivity index (χ1n) is 9.38. The van der Waals surface area contributed by atoms with Crippen LogP contribution in [0.4, 0.5) is 5.95 Å². The summed E-state index contributed by atoms with van der Waals surface area (Å²) in [4.78, 5) is 41.7. The van der Waals surface area contributed by atoms with Crippen LogP contribution in [0.25, 0.3) is 11.2 Å². The summed E-state index contributed by atoms with van der Waals surface area (Å²) in [7, 11) is -3.31. The molecule has 0 aliphatic carbocycles. The number of ether oxygens (including phenoxy) is 2. The number of hydrogen-bond acceptors (Lipinski definition) is 11. The lowest BCUT2D eigenvalue weighted by Gasteiger charge is -2.19. The van der Waals surface area contributed by atoms with Crippen LogP contribution in [0.1, 0.15) is 6.23 Å². The number of nitrogen functional groups attached to an aromatic ring is 1. The first-order valence-corrected chi connectivity index (χ1v) is 11.7. The maximum Gasteiger partial charge on any atom is 0.469 e. The second-order valence-corrected chi connectivity index (χ2v) is 9.28. The Bertz CT molecular complexity index is 1260. The average Bonchev–Trinajstić information content (AvgIpc) is 3.24. The number of methoxy groups -OCH3 is 1. The molecule has 0 amide bonds. The normalized spacial score (nSPS) is 23.3. The molecule has 1 fully saturated rings. The van der Waals surface area contributed by atoms with Crippen LogP contribution in [0.2, 0.25) is 0 Å². The van der Waals surface area contributed by atoms with Crippen molar-refractivity contribution < 1.29 is 38.6 Å². The number of benzene rings is 1. The second-order valence-electron chi connectivity index (χ2n) is 7.00.